The molecule has 7 aromatic rings. The molecular formula is C59H59N15O15S6. The molecule has 0 fully saturated rings. The zero-order valence-corrected chi connectivity index (χ0v) is 56.5. The van der Waals surface area contributed by atoms with E-state index in [1.807, 2.05) is 37.5 Å². The monoisotopic (exact) mass is 1410 g/mol. The lowest BCUT2D eigenvalue weighted by Gasteiger charge is -2.25. The van der Waals surface area contributed by atoms with Gasteiger partial charge in [-0.3, -0.25) is 32.8 Å². The number of aromatic nitrogens is 3. The molecule has 0 aliphatic carbocycles. The van der Waals surface area contributed by atoms with Gasteiger partial charge in [0, 0.05) is 55.4 Å². The van der Waals surface area contributed by atoms with Gasteiger partial charge in [0.25, 0.3) is 42.2 Å². The fourth-order valence-corrected chi connectivity index (χ4v) is 14.8. The second kappa shape index (κ2) is 31.8. The number of nitrogens with zero attached hydrogens (tertiary/aromatic N) is 11. The van der Waals surface area contributed by atoms with Crippen molar-refractivity contribution in [2.24, 2.45) is 20.5 Å². The molecule has 2 amide bonds. The highest BCUT2D eigenvalue weighted by Gasteiger charge is 2.31. The van der Waals surface area contributed by atoms with Crippen LogP contribution in [0.1, 0.15) is 62.4 Å². The summed E-state index contributed by atoms with van der Waals surface area (Å²) in [6, 6.07) is 25.5. The molecule has 0 saturated heterocycles. The molecule has 7 rings (SSSR count). The number of thioether (sulfide) groups is 1. The van der Waals surface area contributed by atoms with Gasteiger partial charge in [-0.2, -0.15) is 50.7 Å². The number of ketones is 2. The number of azo groups is 2. The summed E-state index contributed by atoms with van der Waals surface area (Å²) in [5.74, 6) is -4.59. The molecule has 4 aromatic carbocycles. The number of nitrogens with one attached hydrogen (secondary N) is 4. The number of hydrogen-bond donors (Lipinski definition) is 7. The van der Waals surface area contributed by atoms with Crippen LogP contribution in [0.5, 0.6) is 11.5 Å². The van der Waals surface area contributed by atoms with Gasteiger partial charge in [-0.25, -0.2) is 0 Å². The van der Waals surface area contributed by atoms with Gasteiger partial charge >= 0.3 is 0 Å². The average Bonchev–Trinajstić information content (AvgIpc) is 1.69. The summed E-state index contributed by atoms with van der Waals surface area (Å²) in [6.07, 6.45) is 1.80. The first-order chi connectivity index (χ1) is 45.1. The third kappa shape index (κ3) is 18.5. The van der Waals surface area contributed by atoms with Crippen LogP contribution in [0.3, 0.4) is 0 Å². The zero-order valence-electron chi connectivity index (χ0n) is 51.6. The fraction of sp³-hybridized carbons (Fsp3) is 0.237. The lowest BCUT2D eigenvalue weighted by Crippen LogP contribution is -2.22. The Kier molecular flexibility index (Phi) is 24.3. The molecule has 0 bridgehead atoms. The first-order valence-corrected chi connectivity index (χ1v) is 35.1. The van der Waals surface area contributed by atoms with E-state index in [0.717, 1.165) is 37.8 Å². The summed E-state index contributed by atoms with van der Waals surface area (Å²) in [6.45, 7) is 11.4. The maximum absolute atomic E-state index is 13.5. The smallest absolute Gasteiger partial charge is 0.297 e. The lowest BCUT2D eigenvalue weighted by molar-refractivity contribution is -0.120. The summed E-state index contributed by atoms with van der Waals surface area (Å²) in [4.78, 5) is 67.6. The van der Waals surface area contributed by atoms with E-state index in [2.05, 4.69) is 56.7 Å². The van der Waals surface area contributed by atoms with E-state index in [1.165, 1.54) is 26.4 Å². The van der Waals surface area contributed by atoms with Crippen molar-refractivity contribution in [3.63, 3.8) is 0 Å². The molecule has 3 heterocycles. The number of benzene rings is 4. The van der Waals surface area contributed by atoms with E-state index in [9.17, 15) is 68.6 Å². The number of para-hydroxylation sites is 2. The Labute approximate surface area is 557 Å². The Morgan fingerprint density at radius 2 is 0.979 bits per heavy atom. The van der Waals surface area contributed by atoms with Gasteiger partial charge in [0.1, 0.15) is 55.9 Å². The molecule has 3 aromatic heterocycles. The number of amides is 2. The van der Waals surface area contributed by atoms with Crippen molar-refractivity contribution in [2.45, 2.75) is 56.5 Å². The standard InChI is InChI=1S/C59H59N15O15S6/c1-9-73(10-2)45-27-41(43(29-47(45)88-7)69-71-55-39(31-60)51(94(82,83)84)49(91-55)25-37(33(5)75)53(77)62-35-19-15-13-16-20-35)64-57-66-58(68-59(67-57)90-23-24-93(79,80)81)65-42-28-46(74(11-3)12-4)48(89-8)30-44(42)70-72-56-40(32-61)52(95(85,86)87)50(92-56)26-38(34(6)76)54(78)63-36-21-17-14-18-22-36/h13-22,25-30H,9-12,23-24H2,1-8H3,(H,62,77)(H,63,78)(H,79,80,81)(H,82,83,84)(H,85,86,87)(H2,64,65,66,67,68)/b37-25-,38-26+,71-69?,72-70?. The number of thiophene rings is 2. The van der Waals surface area contributed by atoms with Crippen molar-refractivity contribution in [1.82, 2.24) is 15.0 Å². The fourth-order valence-electron chi connectivity index (χ4n) is 8.88. The van der Waals surface area contributed by atoms with Crippen molar-refractivity contribution in [3.8, 4) is 23.6 Å². The van der Waals surface area contributed by atoms with E-state index in [-0.39, 0.29) is 57.1 Å². The predicted molar refractivity (Wildman–Crippen MR) is 360 cm³/mol. The Hall–Kier alpha value is -9.89. The quantitative estimate of drug-likeness (QED) is 0.00549. The number of nitriles is 2. The molecule has 0 aliphatic rings. The van der Waals surface area contributed by atoms with Crippen LogP contribution in [0, 0.1) is 22.7 Å². The van der Waals surface area contributed by atoms with Gasteiger partial charge in [-0.1, -0.05) is 48.2 Å². The molecule has 95 heavy (non-hydrogen) atoms. The minimum absolute atomic E-state index is 0.0573. The van der Waals surface area contributed by atoms with E-state index in [0.29, 0.717) is 71.6 Å². The number of anilines is 8. The van der Waals surface area contributed by atoms with Gasteiger partial charge in [0.05, 0.1) is 63.6 Å². The van der Waals surface area contributed by atoms with Gasteiger partial charge in [0.2, 0.25) is 11.9 Å². The van der Waals surface area contributed by atoms with Gasteiger partial charge in [-0.05, 0) is 90.1 Å². The number of Topliss-reactive ketones (excluding diaryl/α,β-unsaturated/α-hetero) is 2. The number of rotatable bonds is 30. The summed E-state index contributed by atoms with van der Waals surface area (Å²) >= 11 is 1.78. The number of carbonyl (C=O) groups excluding carboxylic acids is 4. The Bertz CT molecular complexity index is 4400. The Morgan fingerprint density at radius 3 is 1.29 bits per heavy atom. The van der Waals surface area contributed by atoms with E-state index in [1.54, 1.807) is 84.9 Å². The summed E-state index contributed by atoms with van der Waals surface area (Å²) in [7, 11) is -12.3. The molecule has 0 radical (unpaired) electrons. The van der Waals surface area contributed by atoms with Crippen molar-refractivity contribution in [1.29, 1.82) is 10.5 Å². The third-order valence-electron chi connectivity index (χ3n) is 13.3. The largest absolute Gasteiger partial charge is 0.494 e. The summed E-state index contributed by atoms with van der Waals surface area (Å²) < 4.78 is 119. The minimum Gasteiger partial charge on any atom is -0.494 e. The van der Waals surface area contributed by atoms with Crippen molar-refractivity contribution < 1.29 is 67.6 Å². The highest BCUT2D eigenvalue weighted by Crippen LogP contribution is 2.46. The number of ether oxygens (including phenoxy) is 2. The van der Waals surface area contributed by atoms with Gasteiger partial charge in [0.15, 0.2) is 26.7 Å². The van der Waals surface area contributed by atoms with Gasteiger partial charge in [-0.15, -0.1) is 43.1 Å². The lowest BCUT2D eigenvalue weighted by atomic mass is 10.1. The predicted octanol–water partition coefficient (Wildman–Crippen LogP) is 11.5. The van der Waals surface area contributed by atoms with E-state index >= 15 is 0 Å². The molecule has 36 heteroatoms. The molecule has 7 N–H and O–H groups in total. The highest BCUT2D eigenvalue weighted by atomic mass is 32.2. The molecule has 0 aliphatic heterocycles. The average molecular weight is 1410 g/mol. The number of hydrogen-bond acceptors (Lipinski definition) is 28. The van der Waals surface area contributed by atoms with Crippen LogP contribution in [-0.2, 0) is 49.5 Å². The van der Waals surface area contributed by atoms with Crippen LogP contribution in [0.15, 0.2) is 131 Å². The topological polar surface area (TPSA) is 440 Å². The first kappa shape index (κ1) is 72.5. The maximum Gasteiger partial charge on any atom is 0.297 e. The number of methoxy groups -OCH3 is 2. The molecule has 0 spiro atoms. The van der Waals surface area contributed by atoms with E-state index in [4.69, 9.17) is 9.47 Å². The zero-order chi connectivity index (χ0) is 69.5. The second-order valence-corrected chi connectivity index (χ2v) is 26.9. The molecule has 30 nitrogen and oxygen atoms in total. The van der Waals surface area contributed by atoms with Crippen LogP contribution in [0.2, 0.25) is 0 Å². The normalized spacial score (nSPS) is 12.1. The van der Waals surface area contributed by atoms with Crippen molar-refractivity contribution >= 4 is 168 Å². The molecule has 0 saturated carbocycles. The minimum atomic E-state index is -5.28. The Balaban J connectivity index is 1.40. The van der Waals surface area contributed by atoms with Crippen LogP contribution < -0.4 is 40.5 Å². The van der Waals surface area contributed by atoms with Crippen molar-refractivity contribution in [2.75, 3.05) is 83.0 Å². The Morgan fingerprint density at radius 1 is 0.600 bits per heavy atom. The summed E-state index contributed by atoms with van der Waals surface area (Å²) in [5, 5.41) is 48.5. The number of carbonyl (C=O) groups is 4. The highest BCUT2D eigenvalue weighted by molar-refractivity contribution is 8.00. The van der Waals surface area contributed by atoms with E-state index < -0.39 is 111 Å². The van der Waals surface area contributed by atoms with Crippen LogP contribution in [-0.4, -0.2) is 129 Å². The molecule has 0 unspecified atom stereocenters. The second-order valence-electron chi connectivity index (χ2n) is 19.5. The first-order valence-electron chi connectivity index (χ1n) is 28.0. The molecule has 496 valence electrons. The third-order valence-corrected chi connectivity index (χ3v) is 19.3. The SMILES string of the molecule is CCN(CC)c1cc(Nc2nc(Nc3cc(N(CC)CC)c(OC)cc3N=Nc3sc(/C=C(\C(C)=O)C(=O)Nc4ccccc4)c(S(=O)(=O)O)c3C#N)nc(SCCS(=O)(=O)O)n2)c(N=Nc2sc(/C=C(/C(C)=O)C(=O)Nc3ccccc3)c(S(=O)(=O)O)c2C#N)cc1OC. The molecule has 0 atom stereocenters. The van der Waals surface area contributed by atoms with Crippen molar-refractivity contribution in [3.05, 3.63) is 117 Å². The maximum atomic E-state index is 13.5. The van der Waals surface area contributed by atoms with Crippen LogP contribution >= 0.6 is 34.4 Å². The van der Waals surface area contributed by atoms with Crippen LogP contribution in [0.25, 0.3) is 12.2 Å². The van der Waals surface area contributed by atoms with Gasteiger partial charge < -0.3 is 40.5 Å². The van der Waals surface area contributed by atoms with Crippen LogP contribution in [0.4, 0.5) is 67.4 Å². The molecular weight excluding hydrogens is 1350 g/mol. The summed E-state index contributed by atoms with van der Waals surface area (Å²) in [5.41, 5.74) is -0.979.